The number of benzene rings is 1. The Labute approximate surface area is 153 Å². The van der Waals surface area contributed by atoms with E-state index in [0.29, 0.717) is 28.1 Å². The Morgan fingerprint density at radius 2 is 1.88 bits per heavy atom. The highest BCUT2D eigenvalue weighted by Gasteiger charge is 2.16. The molecule has 0 radical (unpaired) electrons. The van der Waals surface area contributed by atoms with Crippen molar-refractivity contribution in [3.05, 3.63) is 44.8 Å². The van der Waals surface area contributed by atoms with Gasteiger partial charge in [-0.2, -0.15) is 0 Å². The summed E-state index contributed by atoms with van der Waals surface area (Å²) in [5, 5.41) is 2.60. The maximum absolute atomic E-state index is 12.2. The molecule has 1 aromatic carbocycles. The number of aryl methyl sites for hydroxylation is 1. The molecule has 0 spiro atoms. The van der Waals surface area contributed by atoms with Gasteiger partial charge in [0, 0.05) is 17.1 Å². The summed E-state index contributed by atoms with van der Waals surface area (Å²) in [4.78, 5) is 26.4. The van der Waals surface area contributed by atoms with Crippen molar-refractivity contribution in [2.75, 3.05) is 26.6 Å². The zero-order chi connectivity index (χ0) is 18.4. The molecule has 8 heteroatoms. The van der Waals surface area contributed by atoms with Crippen molar-refractivity contribution in [2.24, 2.45) is 0 Å². The first-order valence-corrected chi connectivity index (χ1v) is 8.25. The van der Waals surface area contributed by atoms with Gasteiger partial charge in [0.15, 0.2) is 11.5 Å². The molecule has 0 aliphatic rings. The second kappa shape index (κ2) is 8.57. The summed E-state index contributed by atoms with van der Waals surface area (Å²) in [7, 11) is 4.60. The lowest BCUT2D eigenvalue weighted by Crippen LogP contribution is -2.19. The van der Waals surface area contributed by atoms with Crippen LogP contribution in [0.3, 0.4) is 0 Å². The lowest BCUT2D eigenvalue weighted by Gasteiger charge is -2.15. The van der Waals surface area contributed by atoms with Crippen molar-refractivity contribution in [2.45, 2.75) is 12.8 Å². The van der Waals surface area contributed by atoms with Crippen LogP contribution in [0.25, 0.3) is 0 Å². The quantitative estimate of drug-likeness (QED) is 0.732. The number of methoxy groups -OCH3 is 3. The molecule has 1 heterocycles. The summed E-state index contributed by atoms with van der Waals surface area (Å²) in [5.74, 6) is 1.27. The number of rotatable bonds is 7. The van der Waals surface area contributed by atoms with Gasteiger partial charge in [-0.3, -0.25) is 9.59 Å². The number of halogens is 1. The first kappa shape index (κ1) is 18.9. The van der Waals surface area contributed by atoms with E-state index in [0.717, 1.165) is 5.56 Å². The number of hydrogen-bond donors (Lipinski definition) is 2. The monoisotopic (exact) mass is 410 g/mol. The van der Waals surface area contributed by atoms with E-state index in [1.54, 1.807) is 19.2 Å². The number of H-pyrrole nitrogens is 1. The fourth-order valence-electron chi connectivity index (χ4n) is 2.37. The predicted molar refractivity (Wildman–Crippen MR) is 97.8 cm³/mol. The average Bonchev–Trinajstić information content (AvgIpc) is 2.61. The summed E-state index contributed by atoms with van der Waals surface area (Å²) in [5.41, 5.74) is 0.636. The standard InChI is InChI=1S/C17H19BrN2O5/c1-23-13-6-4-10(15(24-2)16(13)25-3)5-7-14(21)20-12-8-11(18)9-19-17(12)22/h4,6,8-9H,5,7H2,1-3H3,(H,19,22)(H,20,21). The Morgan fingerprint density at radius 3 is 2.52 bits per heavy atom. The number of aromatic nitrogens is 1. The molecule has 25 heavy (non-hydrogen) atoms. The molecule has 0 aliphatic carbocycles. The summed E-state index contributed by atoms with van der Waals surface area (Å²) in [6, 6.07) is 5.13. The molecular formula is C17H19BrN2O5. The van der Waals surface area contributed by atoms with Gasteiger partial charge in [0.1, 0.15) is 5.69 Å². The largest absolute Gasteiger partial charge is 0.493 e. The van der Waals surface area contributed by atoms with Crippen LogP contribution in [0.1, 0.15) is 12.0 Å². The van der Waals surface area contributed by atoms with Gasteiger partial charge in [-0.05, 0) is 40.0 Å². The lowest BCUT2D eigenvalue weighted by molar-refractivity contribution is -0.116. The van der Waals surface area contributed by atoms with Crippen LogP contribution >= 0.6 is 15.9 Å². The third kappa shape index (κ3) is 4.54. The van der Waals surface area contributed by atoms with Gasteiger partial charge in [0.2, 0.25) is 11.7 Å². The molecule has 0 bridgehead atoms. The highest BCUT2D eigenvalue weighted by molar-refractivity contribution is 9.10. The third-order valence-electron chi connectivity index (χ3n) is 3.55. The molecule has 0 unspecified atom stereocenters. The first-order chi connectivity index (χ1) is 12.0. The van der Waals surface area contributed by atoms with Crippen molar-refractivity contribution in [1.82, 2.24) is 4.98 Å². The lowest BCUT2D eigenvalue weighted by atomic mass is 10.1. The number of anilines is 1. The van der Waals surface area contributed by atoms with E-state index < -0.39 is 0 Å². The van der Waals surface area contributed by atoms with Gasteiger partial charge in [-0.15, -0.1) is 0 Å². The van der Waals surface area contributed by atoms with Crippen LogP contribution in [0.4, 0.5) is 5.69 Å². The van der Waals surface area contributed by atoms with Gasteiger partial charge in [0.05, 0.1) is 21.3 Å². The Hall–Kier alpha value is -2.48. The average molecular weight is 411 g/mol. The number of carbonyl (C=O) groups is 1. The second-order valence-corrected chi connectivity index (χ2v) is 6.02. The van der Waals surface area contributed by atoms with E-state index in [-0.39, 0.29) is 23.6 Å². The summed E-state index contributed by atoms with van der Waals surface area (Å²) in [6.45, 7) is 0. The third-order valence-corrected chi connectivity index (χ3v) is 4.01. The van der Waals surface area contributed by atoms with Crippen LogP contribution in [0, 0.1) is 0 Å². The number of nitrogens with one attached hydrogen (secondary N) is 2. The number of hydrogen-bond acceptors (Lipinski definition) is 5. The highest BCUT2D eigenvalue weighted by Crippen LogP contribution is 2.40. The number of aromatic amines is 1. The Bertz CT molecular complexity index is 819. The van der Waals surface area contributed by atoms with Crippen LogP contribution in [-0.4, -0.2) is 32.2 Å². The van der Waals surface area contributed by atoms with E-state index in [1.807, 2.05) is 6.07 Å². The molecule has 134 valence electrons. The summed E-state index contributed by atoms with van der Waals surface area (Å²) in [6.07, 6.45) is 2.10. The maximum atomic E-state index is 12.2. The number of pyridine rings is 1. The fraction of sp³-hybridized carbons (Fsp3) is 0.294. The minimum Gasteiger partial charge on any atom is -0.493 e. The molecule has 0 aliphatic heterocycles. The molecule has 0 atom stereocenters. The minimum atomic E-state index is -0.361. The van der Waals surface area contributed by atoms with Gasteiger partial charge < -0.3 is 24.5 Å². The van der Waals surface area contributed by atoms with Crippen molar-refractivity contribution < 1.29 is 19.0 Å². The normalized spacial score (nSPS) is 10.2. The topological polar surface area (TPSA) is 89.7 Å². The summed E-state index contributed by atoms with van der Waals surface area (Å²) < 4.78 is 16.6. The summed E-state index contributed by atoms with van der Waals surface area (Å²) >= 11 is 3.25. The van der Waals surface area contributed by atoms with Gasteiger partial charge in [0.25, 0.3) is 5.56 Å². The van der Waals surface area contributed by atoms with E-state index in [4.69, 9.17) is 14.2 Å². The first-order valence-electron chi connectivity index (χ1n) is 7.46. The van der Waals surface area contributed by atoms with Gasteiger partial charge in [-0.1, -0.05) is 6.07 Å². The minimum absolute atomic E-state index is 0.178. The molecule has 0 saturated heterocycles. The van der Waals surface area contributed by atoms with E-state index in [1.165, 1.54) is 20.4 Å². The molecule has 2 N–H and O–H groups in total. The second-order valence-electron chi connectivity index (χ2n) is 5.10. The smallest absolute Gasteiger partial charge is 0.271 e. The van der Waals surface area contributed by atoms with Crippen molar-refractivity contribution in [3.8, 4) is 17.2 Å². The molecule has 7 nitrogen and oxygen atoms in total. The molecule has 1 amide bonds. The van der Waals surface area contributed by atoms with Crippen LogP contribution in [-0.2, 0) is 11.2 Å². The zero-order valence-corrected chi connectivity index (χ0v) is 15.7. The molecule has 2 rings (SSSR count). The molecule has 0 saturated carbocycles. The zero-order valence-electron chi connectivity index (χ0n) is 14.1. The van der Waals surface area contributed by atoms with Crippen molar-refractivity contribution >= 4 is 27.5 Å². The van der Waals surface area contributed by atoms with Gasteiger partial charge >= 0.3 is 0 Å². The Balaban J connectivity index is 2.11. The SMILES string of the molecule is COc1ccc(CCC(=O)Nc2cc(Br)c[nH]c2=O)c(OC)c1OC. The molecule has 1 aromatic heterocycles. The van der Waals surface area contributed by atoms with Crippen molar-refractivity contribution in [3.63, 3.8) is 0 Å². The number of amides is 1. The number of ether oxygens (including phenoxy) is 3. The van der Waals surface area contributed by atoms with Crippen molar-refractivity contribution in [1.29, 1.82) is 0 Å². The molecular weight excluding hydrogens is 392 g/mol. The van der Waals surface area contributed by atoms with Crippen LogP contribution < -0.4 is 25.1 Å². The molecule has 2 aromatic rings. The molecule has 0 fully saturated rings. The Morgan fingerprint density at radius 1 is 1.16 bits per heavy atom. The van der Waals surface area contributed by atoms with Crippen LogP contribution in [0.2, 0.25) is 0 Å². The number of carbonyl (C=O) groups excluding carboxylic acids is 1. The fourth-order valence-corrected chi connectivity index (χ4v) is 2.71. The van der Waals surface area contributed by atoms with E-state index in [2.05, 4.69) is 26.2 Å². The van der Waals surface area contributed by atoms with Gasteiger partial charge in [-0.25, -0.2) is 0 Å². The Kier molecular flexibility index (Phi) is 6.46. The predicted octanol–water partition coefficient (Wildman–Crippen LogP) is 2.73. The maximum Gasteiger partial charge on any atom is 0.271 e. The van der Waals surface area contributed by atoms with E-state index >= 15 is 0 Å². The van der Waals surface area contributed by atoms with E-state index in [9.17, 15) is 9.59 Å². The highest BCUT2D eigenvalue weighted by atomic mass is 79.9. The van der Waals surface area contributed by atoms with Crippen LogP contribution in [0.15, 0.2) is 33.7 Å². The van der Waals surface area contributed by atoms with Crippen LogP contribution in [0.5, 0.6) is 17.2 Å².